The number of anilines is 1. The number of alkyl halides is 4. The number of aliphatic carboxylic acids is 1. The number of nitrogens with zero attached hydrogens (tertiary/aromatic N) is 3. The van der Waals surface area contributed by atoms with Crippen molar-refractivity contribution in [2.75, 3.05) is 18.1 Å². The van der Waals surface area contributed by atoms with Gasteiger partial charge in [0, 0.05) is 29.6 Å². The minimum atomic E-state index is -4.47. The molecule has 1 aromatic heterocycles. The number of carboxylic acid groups (broad SMARTS) is 1. The Balaban J connectivity index is 0.00000210. The number of carbonyl (C=O) groups is 1. The Morgan fingerprint density at radius 2 is 1.77 bits per heavy atom. The summed E-state index contributed by atoms with van der Waals surface area (Å²) in [6.07, 6.45) is -3.23. The van der Waals surface area contributed by atoms with Gasteiger partial charge in [-0.2, -0.15) is 13.2 Å². The molecule has 0 aliphatic rings. The molecule has 5 nitrogen and oxygen atoms in total. The van der Waals surface area contributed by atoms with Gasteiger partial charge in [-0.3, -0.25) is 4.79 Å². The topological polar surface area (TPSA) is 66.3 Å². The number of hydrogen-bond acceptors (Lipinski definition) is 5. The first-order valence-corrected chi connectivity index (χ1v) is 11.8. The van der Waals surface area contributed by atoms with Crippen LogP contribution in [0.1, 0.15) is 31.9 Å². The smallest absolute Gasteiger partial charge is 0.416 e. The van der Waals surface area contributed by atoms with Crippen LogP contribution in [-0.2, 0) is 17.5 Å². The van der Waals surface area contributed by atoms with E-state index in [4.69, 9.17) is 5.11 Å². The lowest BCUT2D eigenvalue weighted by Gasteiger charge is -2.23. The Kier molecular flexibility index (Phi) is 10.5. The van der Waals surface area contributed by atoms with Gasteiger partial charge in [0.1, 0.15) is 24.1 Å². The maximum absolute atomic E-state index is 13.3. The summed E-state index contributed by atoms with van der Waals surface area (Å²) in [5, 5.41) is 8.44. The molecule has 3 rings (SSSR count). The fraction of sp³-hybridized carbons (Fsp3) is 0.320. The van der Waals surface area contributed by atoms with Crippen LogP contribution in [0.25, 0.3) is 11.3 Å². The molecule has 1 atom stereocenters. The van der Waals surface area contributed by atoms with Gasteiger partial charge in [0.25, 0.3) is 0 Å². The van der Waals surface area contributed by atoms with E-state index < -0.39 is 29.6 Å². The van der Waals surface area contributed by atoms with Crippen LogP contribution >= 0.6 is 11.8 Å². The second-order valence-corrected chi connectivity index (χ2v) is 8.61. The van der Waals surface area contributed by atoms with Crippen LogP contribution in [-0.4, -0.2) is 39.5 Å². The summed E-state index contributed by atoms with van der Waals surface area (Å²) >= 11 is 1.21. The first-order chi connectivity index (χ1) is 16.7. The van der Waals surface area contributed by atoms with Gasteiger partial charge < -0.3 is 10.0 Å². The van der Waals surface area contributed by atoms with Crippen molar-refractivity contribution in [1.29, 1.82) is 0 Å². The van der Waals surface area contributed by atoms with Crippen molar-refractivity contribution in [2.45, 2.75) is 43.6 Å². The molecule has 0 aliphatic carbocycles. The Labute approximate surface area is 206 Å². The molecule has 0 spiro atoms. The molecule has 1 heterocycles. The minimum absolute atomic E-state index is 0.0333. The van der Waals surface area contributed by atoms with Crippen LogP contribution in [0.15, 0.2) is 65.8 Å². The summed E-state index contributed by atoms with van der Waals surface area (Å²) in [5.41, 5.74) is 0.637. The summed E-state index contributed by atoms with van der Waals surface area (Å²) < 4.78 is 52.4. The van der Waals surface area contributed by atoms with Crippen molar-refractivity contribution in [3.05, 3.63) is 72.1 Å². The number of carboxylic acids is 1. The van der Waals surface area contributed by atoms with Crippen molar-refractivity contribution in [1.82, 2.24) is 9.97 Å². The first kappa shape index (κ1) is 28.1. The normalized spacial score (nSPS) is 11.9. The van der Waals surface area contributed by atoms with E-state index in [-0.39, 0.29) is 12.1 Å². The van der Waals surface area contributed by atoms with Crippen molar-refractivity contribution >= 4 is 23.5 Å². The average Bonchev–Trinajstić information content (AvgIpc) is 2.85. The van der Waals surface area contributed by atoms with Crippen LogP contribution in [0.5, 0.6) is 0 Å². The van der Waals surface area contributed by atoms with E-state index in [1.165, 1.54) is 36.3 Å². The molecule has 2 aromatic carbocycles. The quantitative estimate of drug-likeness (QED) is 0.255. The molecule has 1 N–H and O–H groups in total. The molecular weight excluding hydrogens is 482 g/mol. The van der Waals surface area contributed by atoms with Gasteiger partial charge >= 0.3 is 12.1 Å². The second-order valence-electron chi connectivity index (χ2n) is 7.19. The Hall–Kier alpha value is -3.14. The summed E-state index contributed by atoms with van der Waals surface area (Å²) in [6, 6.07) is 13.6. The highest BCUT2D eigenvalue weighted by Gasteiger charge is 2.30. The van der Waals surface area contributed by atoms with Crippen LogP contribution in [0, 0.1) is 0 Å². The molecule has 35 heavy (non-hydrogen) atoms. The molecule has 0 fully saturated rings. The number of benzene rings is 2. The first-order valence-electron chi connectivity index (χ1n) is 11.0. The summed E-state index contributed by atoms with van der Waals surface area (Å²) in [6.45, 7) is 5.29. The van der Waals surface area contributed by atoms with Crippen LogP contribution < -0.4 is 4.90 Å². The van der Waals surface area contributed by atoms with E-state index in [2.05, 4.69) is 9.97 Å². The monoisotopic (exact) mass is 509 g/mol. The number of thioether (sulfide) groups is 1. The van der Waals surface area contributed by atoms with E-state index in [1.807, 2.05) is 26.0 Å². The van der Waals surface area contributed by atoms with E-state index >= 15 is 0 Å². The zero-order valence-electron chi connectivity index (χ0n) is 19.6. The SMILES string of the molecule is CC.CC(Sc1ccc(CN(CCF)c2cc(-c3cccc(C(F)(F)F)c3)ncn2)cc1)C(=O)O. The zero-order valence-corrected chi connectivity index (χ0v) is 20.4. The fourth-order valence-corrected chi connectivity index (χ4v) is 3.86. The predicted molar refractivity (Wildman–Crippen MR) is 130 cm³/mol. The van der Waals surface area contributed by atoms with Gasteiger partial charge in [-0.05, 0) is 36.8 Å². The molecular formula is C25H27F4N3O2S. The largest absolute Gasteiger partial charge is 0.480 e. The van der Waals surface area contributed by atoms with Crippen LogP contribution in [0.3, 0.4) is 0 Å². The predicted octanol–water partition coefficient (Wildman–Crippen LogP) is 6.73. The summed E-state index contributed by atoms with van der Waals surface area (Å²) in [7, 11) is 0. The lowest BCUT2D eigenvalue weighted by molar-refractivity contribution is -0.138. The molecule has 0 bridgehead atoms. The fourth-order valence-electron chi connectivity index (χ4n) is 3.06. The third-order valence-corrected chi connectivity index (χ3v) is 5.87. The third kappa shape index (κ3) is 8.24. The second kappa shape index (κ2) is 13.1. The lowest BCUT2D eigenvalue weighted by atomic mass is 10.1. The summed E-state index contributed by atoms with van der Waals surface area (Å²) in [5.74, 6) is -0.522. The minimum Gasteiger partial charge on any atom is -0.480 e. The van der Waals surface area contributed by atoms with Gasteiger partial charge in [-0.15, -0.1) is 11.8 Å². The van der Waals surface area contributed by atoms with Gasteiger partial charge in [0.15, 0.2) is 0 Å². The third-order valence-electron chi connectivity index (χ3n) is 4.77. The number of rotatable bonds is 9. The lowest BCUT2D eigenvalue weighted by Crippen LogP contribution is -2.26. The molecule has 0 aliphatic heterocycles. The molecule has 188 valence electrons. The molecule has 0 amide bonds. The van der Waals surface area contributed by atoms with E-state index in [1.54, 1.807) is 24.0 Å². The van der Waals surface area contributed by atoms with Crippen LogP contribution in [0.2, 0.25) is 0 Å². The Morgan fingerprint density at radius 1 is 1.09 bits per heavy atom. The summed E-state index contributed by atoms with van der Waals surface area (Å²) in [4.78, 5) is 21.7. The van der Waals surface area contributed by atoms with Gasteiger partial charge in [0.05, 0.1) is 11.3 Å². The number of aromatic nitrogens is 2. The van der Waals surface area contributed by atoms with Crippen molar-refractivity contribution < 1.29 is 27.5 Å². The molecule has 0 radical (unpaired) electrons. The average molecular weight is 510 g/mol. The zero-order chi connectivity index (χ0) is 26.0. The van der Waals surface area contributed by atoms with Gasteiger partial charge in [-0.1, -0.05) is 38.1 Å². The Morgan fingerprint density at radius 3 is 2.37 bits per heavy atom. The molecule has 0 saturated heterocycles. The highest BCUT2D eigenvalue weighted by molar-refractivity contribution is 8.00. The number of hydrogen-bond donors (Lipinski definition) is 1. The maximum atomic E-state index is 13.3. The van der Waals surface area contributed by atoms with E-state index in [9.17, 15) is 22.4 Å². The Bertz CT molecular complexity index is 1090. The van der Waals surface area contributed by atoms with Gasteiger partial charge in [-0.25, -0.2) is 14.4 Å². The number of halogens is 4. The molecule has 0 saturated carbocycles. The van der Waals surface area contributed by atoms with Crippen molar-refractivity contribution in [2.24, 2.45) is 0 Å². The van der Waals surface area contributed by atoms with E-state index in [0.717, 1.165) is 22.6 Å². The molecule has 3 aromatic rings. The maximum Gasteiger partial charge on any atom is 0.416 e. The highest BCUT2D eigenvalue weighted by atomic mass is 32.2. The molecule has 10 heteroatoms. The van der Waals surface area contributed by atoms with Crippen molar-refractivity contribution in [3.8, 4) is 11.3 Å². The van der Waals surface area contributed by atoms with E-state index in [0.29, 0.717) is 18.1 Å². The standard InChI is InChI=1S/C23H21F4N3O2S.C2H6/c1-15(22(31)32)33-19-7-5-16(6-8-19)13-30(10-9-24)21-12-20(28-14-29-21)17-3-2-4-18(11-17)23(25,26)27;1-2/h2-8,11-12,14-15H,9-10,13H2,1H3,(H,31,32);1-2H3. The highest BCUT2D eigenvalue weighted by Crippen LogP contribution is 2.32. The van der Waals surface area contributed by atoms with Crippen molar-refractivity contribution in [3.63, 3.8) is 0 Å². The molecule has 1 unspecified atom stereocenters. The van der Waals surface area contributed by atoms with Gasteiger partial charge in [0.2, 0.25) is 0 Å². The van der Waals surface area contributed by atoms with Crippen LogP contribution in [0.4, 0.5) is 23.4 Å².